The molecule has 7 heteroatoms. The Bertz CT molecular complexity index is 627. The molecule has 0 spiro atoms. The standard InChI is InChI=1S/C8H9N5O2/c1-13-6-5(7(14)11-8(13)15)4(12-9)2-3-10-6/h2-3H,9H2,1H3,(H,10,12)(H,11,14,15). The molecule has 0 aliphatic heterocycles. The van der Waals surface area contributed by atoms with Crippen LogP contribution in [0.2, 0.25) is 0 Å². The molecule has 4 N–H and O–H groups in total. The molecule has 0 radical (unpaired) electrons. The summed E-state index contributed by atoms with van der Waals surface area (Å²) in [6, 6.07) is 1.56. The van der Waals surface area contributed by atoms with Gasteiger partial charge >= 0.3 is 5.69 Å². The molecule has 2 aromatic rings. The second kappa shape index (κ2) is 3.21. The normalized spacial score (nSPS) is 10.5. The number of nitrogens with one attached hydrogen (secondary N) is 2. The number of hydrogen-bond acceptors (Lipinski definition) is 5. The van der Waals surface area contributed by atoms with Crippen molar-refractivity contribution in [1.29, 1.82) is 0 Å². The van der Waals surface area contributed by atoms with Gasteiger partial charge in [-0.2, -0.15) is 0 Å². The van der Waals surface area contributed by atoms with E-state index >= 15 is 0 Å². The number of H-pyrrole nitrogens is 1. The van der Waals surface area contributed by atoms with E-state index in [0.29, 0.717) is 11.3 Å². The second-order valence-corrected chi connectivity index (χ2v) is 3.02. The van der Waals surface area contributed by atoms with Crippen molar-refractivity contribution >= 4 is 16.7 Å². The summed E-state index contributed by atoms with van der Waals surface area (Å²) >= 11 is 0. The summed E-state index contributed by atoms with van der Waals surface area (Å²) in [7, 11) is 1.52. The van der Waals surface area contributed by atoms with Crippen LogP contribution in [0.5, 0.6) is 0 Å². The zero-order valence-electron chi connectivity index (χ0n) is 7.94. The van der Waals surface area contributed by atoms with Gasteiger partial charge < -0.3 is 5.43 Å². The lowest BCUT2D eigenvalue weighted by molar-refractivity contribution is 0.829. The summed E-state index contributed by atoms with van der Waals surface area (Å²) in [5, 5.41) is 0.266. The van der Waals surface area contributed by atoms with Crippen LogP contribution < -0.4 is 22.5 Å². The van der Waals surface area contributed by atoms with Gasteiger partial charge in [-0.25, -0.2) is 9.78 Å². The Balaban J connectivity index is 3.09. The van der Waals surface area contributed by atoms with Crippen molar-refractivity contribution in [3.05, 3.63) is 33.1 Å². The molecule has 0 fully saturated rings. The average Bonchev–Trinajstić information content (AvgIpc) is 2.25. The van der Waals surface area contributed by atoms with E-state index in [-0.39, 0.29) is 5.39 Å². The van der Waals surface area contributed by atoms with Gasteiger partial charge in [-0.05, 0) is 6.07 Å². The van der Waals surface area contributed by atoms with E-state index in [9.17, 15) is 9.59 Å². The quantitative estimate of drug-likeness (QED) is 0.407. The van der Waals surface area contributed by atoms with E-state index in [4.69, 9.17) is 5.84 Å². The van der Waals surface area contributed by atoms with Crippen molar-refractivity contribution in [2.45, 2.75) is 0 Å². The van der Waals surface area contributed by atoms with E-state index in [2.05, 4.69) is 15.4 Å². The van der Waals surface area contributed by atoms with Gasteiger partial charge in [0.1, 0.15) is 5.39 Å². The lowest BCUT2D eigenvalue weighted by Gasteiger charge is -2.06. The lowest BCUT2D eigenvalue weighted by Crippen LogP contribution is -2.29. The van der Waals surface area contributed by atoms with Crippen molar-refractivity contribution in [1.82, 2.24) is 14.5 Å². The van der Waals surface area contributed by atoms with Crippen LogP contribution in [0.3, 0.4) is 0 Å². The number of pyridine rings is 1. The van der Waals surface area contributed by atoms with Gasteiger partial charge in [0, 0.05) is 13.2 Å². The fourth-order valence-electron chi connectivity index (χ4n) is 1.39. The predicted molar refractivity (Wildman–Crippen MR) is 55.4 cm³/mol. The molecule has 0 saturated carbocycles. The number of nitrogen functional groups attached to an aromatic ring is 1. The first-order chi connectivity index (χ1) is 7.15. The Morgan fingerprint density at radius 3 is 2.93 bits per heavy atom. The zero-order valence-corrected chi connectivity index (χ0v) is 7.94. The molecule has 7 nitrogen and oxygen atoms in total. The molecule has 0 aliphatic carbocycles. The Kier molecular flexibility index (Phi) is 2.01. The number of rotatable bonds is 1. The molecule has 0 aliphatic rings. The van der Waals surface area contributed by atoms with Crippen LogP contribution in [0, 0.1) is 0 Å². The highest BCUT2D eigenvalue weighted by Crippen LogP contribution is 2.13. The fraction of sp³-hybridized carbons (Fsp3) is 0.125. The highest BCUT2D eigenvalue weighted by Gasteiger charge is 2.09. The third kappa shape index (κ3) is 1.29. The minimum Gasteiger partial charge on any atom is -0.323 e. The number of aromatic amines is 1. The molecule has 2 aromatic heterocycles. The highest BCUT2D eigenvalue weighted by atomic mass is 16.2. The smallest absolute Gasteiger partial charge is 0.323 e. The Labute approximate surface area is 83.5 Å². The topological polar surface area (TPSA) is 106 Å². The molecule has 0 saturated heterocycles. The van der Waals surface area contributed by atoms with Crippen LogP contribution in [-0.4, -0.2) is 14.5 Å². The summed E-state index contributed by atoms with van der Waals surface area (Å²) in [5.74, 6) is 5.25. The SMILES string of the molecule is Cn1c(=O)[nH]c(=O)c2c(NN)ccnc21. The van der Waals surface area contributed by atoms with Crippen LogP contribution in [0.1, 0.15) is 0 Å². The van der Waals surface area contributed by atoms with Gasteiger partial charge in [0.25, 0.3) is 5.56 Å². The van der Waals surface area contributed by atoms with Crippen molar-refractivity contribution in [3.63, 3.8) is 0 Å². The van der Waals surface area contributed by atoms with Gasteiger partial charge in [-0.3, -0.25) is 20.2 Å². The number of aryl methyl sites for hydroxylation is 1. The highest BCUT2D eigenvalue weighted by molar-refractivity contribution is 5.87. The first-order valence-corrected chi connectivity index (χ1v) is 4.20. The molecule has 78 valence electrons. The van der Waals surface area contributed by atoms with Crippen molar-refractivity contribution in [2.75, 3.05) is 5.43 Å². The van der Waals surface area contributed by atoms with Crippen LogP contribution in [0.25, 0.3) is 11.0 Å². The number of hydrazine groups is 1. The second-order valence-electron chi connectivity index (χ2n) is 3.02. The maximum Gasteiger partial charge on any atom is 0.329 e. The first kappa shape index (κ1) is 9.41. The Morgan fingerprint density at radius 1 is 1.53 bits per heavy atom. The zero-order chi connectivity index (χ0) is 11.0. The minimum atomic E-state index is -0.505. The predicted octanol–water partition coefficient (Wildman–Crippen LogP) is -1.09. The maximum absolute atomic E-state index is 11.5. The molecular formula is C8H9N5O2. The molecule has 15 heavy (non-hydrogen) atoms. The number of aromatic nitrogens is 3. The monoisotopic (exact) mass is 207 g/mol. The van der Waals surface area contributed by atoms with Crippen LogP contribution in [-0.2, 0) is 7.05 Å². The van der Waals surface area contributed by atoms with Gasteiger partial charge in [0.05, 0.1) is 5.69 Å². The average molecular weight is 207 g/mol. The van der Waals surface area contributed by atoms with E-state index in [1.54, 1.807) is 6.07 Å². The lowest BCUT2D eigenvalue weighted by atomic mass is 10.3. The van der Waals surface area contributed by atoms with Gasteiger partial charge in [-0.15, -0.1) is 0 Å². The molecule has 0 unspecified atom stereocenters. The number of nitrogens with two attached hydrogens (primary N) is 1. The maximum atomic E-state index is 11.5. The summed E-state index contributed by atoms with van der Waals surface area (Å²) in [6.45, 7) is 0. The summed E-state index contributed by atoms with van der Waals surface area (Å²) in [6.07, 6.45) is 1.47. The molecule has 0 atom stereocenters. The number of anilines is 1. The van der Waals surface area contributed by atoms with Crippen molar-refractivity contribution in [2.24, 2.45) is 12.9 Å². The number of fused-ring (bicyclic) bond motifs is 1. The van der Waals surface area contributed by atoms with Crippen LogP contribution >= 0.6 is 0 Å². The van der Waals surface area contributed by atoms with Gasteiger partial charge in [0.15, 0.2) is 5.65 Å². The fourth-order valence-corrected chi connectivity index (χ4v) is 1.39. The van der Waals surface area contributed by atoms with Gasteiger partial charge in [0.2, 0.25) is 0 Å². The molecule has 2 rings (SSSR count). The summed E-state index contributed by atoms with van der Waals surface area (Å²) in [4.78, 5) is 28.9. The van der Waals surface area contributed by atoms with Crippen molar-refractivity contribution < 1.29 is 0 Å². The largest absolute Gasteiger partial charge is 0.329 e. The van der Waals surface area contributed by atoms with E-state index in [1.165, 1.54) is 17.8 Å². The van der Waals surface area contributed by atoms with E-state index in [1.807, 2.05) is 0 Å². The number of hydrogen-bond donors (Lipinski definition) is 3. The Hall–Kier alpha value is -2.15. The van der Waals surface area contributed by atoms with Crippen LogP contribution in [0.4, 0.5) is 5.69 Å². The molecular weight excluding hydrogens is 198 g/mol. The first-order valence-electron chi connectivity index (χ1n) is 4.20. The molecule has 0 bridgehead atoms. The van der Waals surface area contributed by atoms with Crippen molar-refractivity contribution in [3.8, 4) is 0 Å². The molecule has 2 heterocycles. The third-order valence-corrected chi connectivity index (χ3v) is 2.16. The molecule has 0 aromatic carbocycles. The van der Waals surface area contributed by atoms with E-state index in [0.717, 1.165) is 0 Å². The summed E-state index contributed by atoms with van der Waals surface area (Å²) in [5.41, 5.74) is 2.09. The van der Waals surface area contributed by atoms with Crippen LogP contribution in [0.15, 0.2) is 21.9 Å². The number of nitrogens with zero attached hydrogens (tertiary/aromatic N) is 2. The third-order valence-electron chi connectivity index (χ3n) is 2.16. The Morgan fingerprint density at radius 2 is 2.27 bits per heavy atom. The summed E-state index contributed by atoms with van der Waals surface area (Å²) < 4.78 is 1.25. The van der Waals surface area contributed by atoms with E-state index < -0.39 is 11.2 Å². The van der Waals surface area contributed by atoms with Gasteiger partial charge in [-0.1, -0.05) is 0 Å². The molecule has 0 amide bonds. The minimum absolute atomic E-state index is 0.266.